The van der Waals surface area contributed by atoms with E-state index in [2.05, 4.69) is 0 Å². The summed E-state index contributed by atoms with van der Waals surface area (Å²) in [5.41, 5.74) is 1.17. The Labute approximate surface area is 115 Å². The number of rotatable bonds is 4. The van der Waals surface area contributed by atoms with Crippen molar-refractivity contribution in [2.24, 2.45) is 0 Å². The molecule has 0 radical (unpaired) electrons. The van der Waals surface area contributed by atoms with Crippen LogP contribution in [0.25, 0.3) is 0 Å². The van der Waals surface area contributed by atoms with E-state index in [1.807, 2.05) is 6.07 Å². The second kappa shape index (κ2) is 5.85. The average molecular weight is 279 g/mol. The molecule has 0 saturated heterocycles. The van der Waals surface area contributed by atoms with Gasteiger partial charge in [0.05, 0.1) is 5.92 Å². The summed E-state index contributed by atoms with van der Waals surface area (Å²) in [7, 11) is 0. The summed E-state index contributed by atoms with van der Waals surface area (Å²) in [5.74, 6) is -2.11. The second-order valence-corrected chi connectivity index (χ2v) is 4.65. The van der Waals surface area contributed by atoms with Gasteiger partial charge in [0.15, 0.2) is 0 Å². The van der Waals surface area contributed by atoms with Crippen LogP contribution in [-0.4, -0.2) is 11.1 Å². The lowest BCUT2D eigenvalue weighted by Crippen LogP contribution is -2.14. The van der Waals surface area contributed by atoms with E-state index in [0.29, 0.717) is 16.1 Å². The van der Waals surface area contributed by atoms with E-state index in [9.17, 15) is 14.3 Å². The zero-order valence-electron chi connectivity index (χ0n) is 10.0. The van der Waals surface area contributed by atoms with Crippen molar-refractivity contribution >= 4 is 17.6 Å². The standard InChI is InChI=1S/C15H12ClFO2/c16-14-7-6-12(17)8-11(14)9-13(15(18)19)10-4-2-1-3-5-10/h1-8,13H,9H2,(H,18,19). The molecule has 2 aromatic rings. The van der Waals surface area contributed by atoms with E-state index in [1.54, 1.807) is 24.3 Å². The third-order valence-electron chi connectivity index (χ3n) is 2.93. The van der Waals surface area contributed by atoms with Crippen molar-refractivity contribution in [1.82, 2.24) is 0 Å². The number of benzene rings is 2. The molecule has 0 heterocycles. The van der Waals surface area contributed by atoms with E-state index < -0.39 is 17.7 Å². The molecule has 19 heavy (non-hydrogen) atoms. The lowest BCUT2D eigenvalue weighted by molar-refractivity contribution is -0.138. The Morgan fingerprint density at radius 3 is 2.53 bits per heavy atom. The fourth-order valence-corrected chi connectivity index (χ4v) is 2.15. The molecule has 1 unspecified atom stereocenters. The van der Waals surface area contributed by atoms with Gasteiger partial charge in [0.25, 0.3) is 0 Å². The molecular weight excluding hydrogens is 267 g/mol. The predicted molar refractivity (Wildman–Crippen MR) is 71.9 cm³/mol. The van der Waals surface area contributed by atoms with Crippen LogP contribution in [0.4, 0.5) is 4.39 Å². The summed E-state index contributed by atoms with van der Waals surface area (Å²) in [5, 5.41) is 9.69. The molecule has 2 nitrogen and oxygen atoms in total. The van der Waals surface area contributed by atoms with Gasteiger partial charge in [-0.05, 0) is 35.7 Å². The first-order valence-electron chi connectivity index (χ1n) is 5.79. The van der Waals surface area contributed by atoms with Crippen LogP contribution in [0.3, 0.4) is 0 Å². The molecule has 0 aromatic heterocycles. The Kier molecular flexibility index (Phi) is 4.17. The monoisotopic (exact) mass is 278 g/mol. The molecule has 1 N–H and O–H groups in total. The lowest BCUT2D eigenvalue weighted by Gasteiger charge is -2.13. The molecule has 0 amide bonds. The normalized spacial score (nSPS) is 12.1. The van der Waals surface area contributed by atoms with Crippen LogP contribution in [0, 0.1) is 5.82 Å². The first-order valence-corrected chi connectivity index (χ1v) is 6.17. The van der Waals surface area contributed by atoms with E-state index >= 15 is 0 Å². The van der Waals surface area contributed by atoms with Crippen molar-refractivity contribution < 1.29 is 14.3 Å². The van der Waals surface area contributed by atoms with Crippen LogP contribution in [0.15, 0.2) is 48.5 Å². The van der Waals surface area contributed by atoms with Gasteiger partial charge in [-0.3, -0.25) is 4.79 Å². The van der Waals surface area contributed by atoms with Crippen LogP contribution < -0.4 is 0 Å². The Hall–Kier alpha value is -1.87. The first-order chi connectivity index (χ1) is 9.08. The number of aliphatic carboxylic acids is 1. The zero-order valence-corrected chi connectivity index (χ0v) is 10.8. The zero-order chi connectivity index (χ0) is 13.8. The van der Waals surface area contributed by atoms with Crippen molar-refractivity contribution in [1.29, 1.82) is 0 Å². The molecule has 0 aliphatic rings. The van der Waals surface area contributed by atoms with E-state index in [1.165, 1.54) is 18.2 Å². The van der Waals surface area contributed by atoms with Crippen LogP contribution in [-0.2, 0) is 11.2 Å². The number of carbonyl (C=O) groups is 1. The van der Waals surface area contributed by atoms with Gasteiger partial charge in [-0.1, -0.05) is 41.9 Å². The van der Waals surface area contributed by atoms with Crippen LogP contribution in [0.2, 0.25) is 5.02 Å². The number of hydrogen-bond donors (Lipinski definition) is 1. The molecule has 0 bridgehead atoms. The number of carboxylic acids is 1. The summed E-state index contributed by atoms with van der Waals surface area (Å²) in [6, 6.07) is 12.8. The highest BCUT2D eigenvalue weighted by Gasteiger charge is 2.21. The van der Waals surface area contributed by atoms with Gasteiger partial charge in [0.1, 0.15) is 5.82 Å². The van der Waals surface area contributed by atoms with Crippen molar-refractivity contribution in [3.63, 3.8) is 0 Å². The van der Waals surface area contributed by atoms with Gasteiger partial charge < -0.3 is 5.11 Å². The van der Waals surface area contributed by atoms with Crippen LogP contribution in [0.1, 0.15) is 17.0 Å². The molecule has 0 aliphatic heterocycles. The summed E-state index contributed by atoms with van der Waals surface area (Å²) in [6.45, 7) is 0. The van der Waals surface area contributed by atoms with Crippen molar-refractivity contribution in [3.8, 4) is 0 Å². The van der Waals surface area contributed by atoms with Gasteiger partial charge in [-0.25, -0.2) is 4.39 Å². The van der Waals surface area contributed by atoms with Gasteiger partial charge in [-0.15, -0.1) is 0 Å². The molecule has 2 rings (SSSR count). The fourth-order valence-electron chi connectivity index (χ4n) is 1.95. The molecule has 4 heteroatoms. The quantitative estimate of drug-likeness (QED) is 0.921. The highest BCUT2D eigenvalue weighted by Crippen LogP contribution is 2.26. The maximum atomic E-state index is 13.2. The molecule has 0 fully saturated rings. The molecule has 2 aromatic carbocycles. The number of hydrogen-bond acceptors (Lipinski definition) is 1. The van der Waals surface area contributed by atoms with Crippen LogP contribution >= 0.6 is 11.6 Å². The average Bonchev–Trinajstić information content (AvgIpc) is 2.40. The highest BCUT2D eigenvalue weighted by molar-refractivity contribution is 6.31. The minimum absolute atomic E-state index is 0.163. The van der Waals surface area contributed by atoms with Crippen molar-refractivity contribution in [3.05, 3.63) is 70.5 Å². The lowest BCUT2D eigenvalue weighted by atomic mass is 9.92. The van der Waals surface area contributed by atoms with Crippen molar-refractivity contribution in [2.45, 2.75) is 12.3 Å². The first kappa shape index (κ1) is 13.6. The highest BCUT2D eigenvalue weighted by atomic mass is 35.5. The van der Waals surface area contributed by atoms with E-state index in [4.69, 9.17) is 11.6 Å². The summed E-state index contributed by atoms with van der Waals surface area (Å²) < 4.78 is 13.2. The molecule has 0 aliphatic carbocycles. The summed E-state index contributed by atoms with van der Waals surface area (Å²) >= 11 is 5.97. The maximum absolute atomic E-state index is 13.2. The minimum atomic E-state index is -0.952. The third-order valence-corrected chi connectivity index (χ3v) is 3.30. The molecule has 0 spiro atoms. The van der Waals surface area contributed by atoms with Gasteiger partial charge in [0, 0.05) is 5.02 Å². The molecular formula is C15H12ClFO2. The number of halogens is 2. The summed E-state index contributed by atoms with van der Waals surface area (Å²) in [6.07, 6.45) is 0.163. The predicted octanol–water partition coefficient (Wildman–Crippen LogP) is 3.89. The number of carboxylic acid groups (broad SMARTS) is 1. The topological polar surface area (TPSA) is 37.3 Å². The second-order valence-electron chi connectivity index (χ2n) is 4.24. The SMILES string of the molecule is O=C(O)C(Cc1cc(F)ccc1Cl)c1ccccc1. The van der Waals surface area contributed by atoms with E-state index in [-0.39, 0.29) is 6.42 Å². The third kappa shape index (κ3) is 3.32. The molecule has 98 valence electrons. The Morgan fingerprint density at radius 2 is 1.89 bits per heavy atom. The fraction of sp³-hybridized carbons (Fsp3) is 0.133. The Balaban J connectivity index is 2.32. The van der Waals surface area contributed by atoms with E-state index in [0.717, 1.165) is 0 Å². The van der Waals surface area contributed by atoms with Gasteiger partial charge in [0.2, 0.25) is 0 Å². The minimum Gasteiger partial charge on any atom is -0.481 e. The van der Waals surface area contributed by atoms with Gasteiger partial charge >= 0.3 is 5.97 Å². The van der Waals surface area contributed by atoms with Crippen molar-refractivity contribution in [2.75, 3.05) is 0 Å². The Bertz CT molecular complexity index is 584. The maximum Gasteiger partial charge on any atom is 0.311 e. The largest absolute Gasteiger partial charge is 0.481 e. The van der Waals surface area contributed by atoms with Crippen LogP contribution in [0.5, 0.6) is 0 Å². The molecule has 0 saturated carbocycles. The summed E-state index contributed by atoms with van der Waals surface area (Å²) in [4.78, 5) is 11.4. The van der Waals surface area contributed by atoms with Gasteiger partial charge in [-0.2, -0.15) is 0 Å². The Morgan fingerprint density at radius 1 is 1.21 bits per heavy atom. The molecule has 1 atom stereocenters. The smallest absolute Gasteiger partial charge is 0.311 e.